The molecule has 0 aliphatic carbocycles. The molecule has 4 rings (SSSR count). The number of ether oxygens (including phenoxy) is 1. The Labute approximate surface area is 153 Å². The minimum absolute atomic E-state index is 0.0604. The fourth-order valence-electron chi connectivity index (χ4n) is 3.85. The average molecular weight is 355 g/mol. The van der Waals surface area contributed by atoms with Crippen LogP contribution in [-0.2, 0) is 16.6 Å². The van der Waals surface area contributed by atoms with Crippen molar-refractivity contribution in [3.63, 3.8) is 0 Å². The van der Waals surface area contributed by atoms with E-state index in [1.807, 2.05) is 41.0 Å². The summed E-state index contributed by atoms with van der Waals surface area (Å²) in [6, 6.07) is 5.95. The number of carbonyl (C=O) groups is 1. The maximum absolute atomic E-state index is 11.8. The quantitative estimate of drug-likeness (QED) is 0.892. The van der Waals surface area contributed by atoms with E-state index in [0.717, 1.165) is 56.2 Å². The van der Waals surface area contributed by atoms with E-state index >= 15 is 0 Å². The first kappa shape index (κ1) is 17.0. The highest BCUT2D eigenvalue weighted by molar-refractivity contribution is 5.95. The van der Waals surface area contributed by atoms with Gasteiger partial charge in [-0.2, -0.15) is 5.10 Å². The molecule has 2 aliphatic rings. The Hall–Kier alpha value is -2.41. The molecular weight excluding hydrogens is 330 g/mol. The van der Waals surface area contributed by atoms with E-state index in [4.69, 9.17) is 4.74 Å². The summed E-state index contributed by atoms with van der Waals surface area (Å²) in [7, 11) is 1.96. The lowest BCUT2D eigenvalue weighted by molar-refractivity contribution is -0.117. The van der Waals surface area contributed by atoms with Crippen molar-refractivity contribution in [3.05, 3.63) is 36.3 Å². The number of aromatic nitrogens is 3. The summed E-state index contributed by atoms with van der Waals surface area (Å²) >= 11 is 0. The highest BCUT2D eigenvalue weighted by atomic mass is 16.5. The second kappa shape index (κ2) is 7.45. The lowest BCUT2D eigenvalue weighted by Gasteiger charge is -2.32. The molecule has 4 heterocycles. The fourth-order valence-corrected chi connectivity index (χ4v) is 3.85. The van der Waals surface area contributed by atoms with E-state index in [1.165, 1.54) is 0 Å². The maximum Gasteiger partial charge on any atom is 0.227 e. The molecule has 0 radical (unpaired) electrons. The molecule has 0 saturated carbocycles. The number of amides is 1. The number of carbonyl (C=O) groups excluding carboxylic acids is 1. The summed E-state index contributed by atoms with van der Waals surface area (Å²) in [4.78, 5) is 18.1. The first-order valence-corrected chi connectivity index (χ1v) is 9.32. The second-order valence-corrected chi connectivity index (χ2v) is 7.00. The zero-order valence-electron chi connectivity index (χ0n) is 15.1. The number of nitrogens with one attached hydrogen (secondary N) is 1. The fraction of sp³-hybridized carbons (Fsp3) is 0.526. The van der Waals surface area contributed by atoms with Crippen LogP contribution in [0.25, 0.3) is 0 Å². The second-order valence-electron chi connectivity index (χ2n) is 7.00. The van der Waals surface area contributed by atoms with Crippen LogP contribution in [0.3, 0.4) is 0 Å². The van der Waals surface area contributed by atoms with Crippen LogP contribution in [0.5, 0.6) is 0 Å². The van der Waals surface area contributed by atoms with Gasteiger partial charge in [0.05, 0.1) is 17.6 Å². The van der Waals surface area contributed by atoms with E-state index < -0.39 is 0 Å². The molecule has 2 saturated heterocycles. The Morgan fingerprint density at radius 1 is 1.31 bits per heavy atom. The SMILES string of the molecule is Cn1nccc1[C@@H]1OCCC[C@H]1CNc1ccc(N2CCCC2=O)cn1. The van der Waals surface area contributed by atoms with Gasteiger partial charge in [0.1, 0.15) is 11.9 Å². The summed E-state index contributed by atoms with van der Waals surface area (Å²) in [6.07, 6.45) is 7.41. The van der Waals surface area contributed by atoms with Crippen LogP contribution in [0.2, 0.25) is 0 Å². The van der Waals surface area contributed by atoms with Gasteiger partial charge in [-0.1, -0.05) is 0 Å². The standard InChI is InChI=1S/C19H25N5O2/c1-23-16(8-9-22-23)19-14(4-3-11-26-19)12-20-17-7-6-15(13-21-17)24-10-2-5-18(24)25/h6-9,13-14,19H,2-5,10-12H2,1H3,(H,20,21)/t14-,19+/m0/s1. The largest absolute Gasteiger partial charge is 0.372 e. The maximum atomic E-state index is 11.8. The highest BCUT2D eigenvalue weighted by Crippen LogP contribution is 2.33. The average Bonchev–Trinajstić information content (AvgIpc) is 3.29. The Morgan fingerprint density at radius 3 is 2.92 bits per heavy atom. The molecule has 1 N–H and O–H groups in total. The van der Waals surface area contributed by atoms with Crippen molar-refractivity contribution in [3.8, 4) is 0 Å². The zero-order chi connectivity index (χ0) is 17.9. The molecule has 0 spiro atoms. The first-order chi connectivity index (χ1) is 12.7. The Morgan fingerprint density at radius 2 is 2.23 bits per heavy atom. The number of aryl methyl sites for hydroxylation is 1. The highest BCUT2D eigenvalue weighted by Gasteiger charge is 2.29. The third-order valence-electron chi connectivity index (χ3n) is 5.27. The summed E-state index contributed by atoms with van der Waals surface area (Å²) in [5.41, 5.74) is 2.00. The normalized spacial score (nSPS) is 23.4. The van der Waals surface area contributed by atoms with E-state index in [9.17, 15) is 4.79 Å². The van der Waals surface area contributed by atoms with Crippen LogP contribution < -0.4 is 10.2 Å². The third kappa shape index (κ3) is 3.44. The lowest BCUT2D eigenvalue weighted by atomic mass is 9.92. The monoisotopic (exact) mass is 355 g/mol. The van der Waals surface area contributed by atoms with Crippen LogP contribution in [-0.4, -0.2) is 40.4 Å². The van der Waals surface area contributed by atoms with Gasteiger partial charge >= 0.3 is 0 Å². The van der Waals surface area contributed by atoms with Crippen LogP contribution >= 0.6 is 0 Å². The molecule has 7 heteroatoms. The van der Waals surface area contributed by atoms with Crippen molar-refractivity contribution >= 4 is 17.4 Å². The van der Waals surface area contributed by atoms with Crippen molar-refractivity contribution < 1.29 is 9.53 Å². The van der Waals surface area contributed by atoms with Gasteiger partial charge in [-0.25, -0.2) is 4.98 Å². The number of hydrogen-bond donors (Lipinski definition) is 1. The Bertz CT molecular complexity index is 758. The molecule has 1 amide bonds. The molecule has 26 heavy (non-hydrogen) atoms. The smallest absolute Gasteiger partial charge is 0.227 e. The van der Waals surface area contributed by atoms with Gasteiger partial charge in [0.2, 0.25) is 5.91 Å². The predicted octanol–water partition coefficient (Wildman–Crippen LogP) is 2.52. The van der Waals surface area contributed by atoms with E-state index in [2.05, 4.69) is 15.4 Å². The predicted molar refractivity (Wildman–Crippen MR) is 98.9 cm³/mol. The van der Waals surface area contributed by atoms with Gasteiger partial charge in [-0.3, -0.25) is 9.48 Å². The summed E-state index contributed by atoms with van der Waals surface area (Å²) < 4.78 is 7.93. The van der Waals surface area contributed by atoms with Crippen LogP contribution in [0, 0.1) is 5.92 Å². The number of pyridine rings is 1. The Kier molecular flexibility index (Phi) is 4.88. The number of rotatable bonds is 5. The molecule has 138 valence electrons. The van der Waals surface area contributed by atoms with Gasteiger partial charge < -0.3 is 15.0 Å². The third-order valence-corrected chi connectivity index (χ3v) is 5.27. The van der Waals surface area contributed by atoms with Gasteiger partial charge in [0.25, 0.3) is 0 Å². The van der Waals surface area contributed by atoms with Gasteiger partial charge in [-0.15, -0.1) is 0 Å². The molecule has 2 aliphatic heterocycles. The molecule has 2 fully saturated rings. The van der Waals surface area contributed by atoms with Crippen LogP contribution in [0.1, 0.15) is 37.5 Å². The van der Waals surface area contributed by atoms with Crippen molar-refractivity contribution in [2.24, 2.45) is 13.0 Å². The molecule has 0 aromatic carbocycles. The number of hydrogen-bond acceptors (Lipinski definition) is 5. The van der Waals surface area contributed by atoms with Crippen LogP contribution in [0.4, 0.5) is 11.5 Å². The van der Waals surface area contributed by atoms with E-state index in [-0.39, 0.29) is 12.0 Å². The lowest BCUT2D eigenvalue weighted by Crippen LogP contribution is -2.29. The summed E-state index contributed by atoms with van der Waals surface area (Å²) in [5.74, 6) is 1.39. The topological polar surface area (TPSA) is 72.3 Å². The molecular formula is C19H25N5O2. The molecule has 2 aromatic rings. The molecule has 7 nitrogen and oxygen atoms in total. The van der Waals surface area contributed by atoms with Gasteiger partial charge in [-0.05, 0) is 37.5 Å². The summed E-state index contributed by atoms with van der Waals surface area (Å²) in [5, 5.41) is 7.70. The van der Waals surface area contributed by atoms with E-state index in [1.54, 1.807) is 6.20 Å². The minimum atomic E-state index is 0.0604. The van der Waals surface area contributed by atoms with Crippen molar-refractivity contribution in [2.75, 3.05) is 29.9 Å². The van der Waals surface area contributed by atoms with Crippen molar-refractivity contribution in [2.45, 2.75) is 31.8 Å². The van der Waals surface area contributed by atoms with Crippen molar-refractivity contribution in [1.29, 1.82) is 0 Å². The number of anilines is 2. The molecule has 2 atom stereocenters. The summed E-state index contributed by atoms with van der Waals surface area (Å²) in [6.45, 7) is 2.38. The minimum Gasteiger partial charge on any atom is -0.372 e. The molecule has 2 aromatic heterocycles. The van der Waals surface area contributed by atoms with Gasteiger partial charge in [0.15, 0.2) is 0 Å². The van der Waals surface area contributed by atoms with E-state index in [0.29, 0.717) is 12.3 Å². The molecule has 0 unspecified atom stereocenters. The van der Waals surface area contributed by atoms with Crippen LogP contribution in [0.15, 0.2) is 30.6 Å². The molecule has 0 bridgehead atoms. The Balaban J connectivity index is 1.39. The van der Waals surface area contributed by atoms with Gasteiger partial charge in [0, 0.05) is 45.3 Å². The number of nitrogens with zero attached hydrogens (tertiary/aromatic N) is 4. The first-order valence-electron chi connectivity index (χ1n) is 9.32. The zero-order valence-corrected chi connectivity index (χ0v) is 15.1. The van der Waals surface area contributed by atoms with Crippen molar-refractivity contribution in [1.82, 2.24) is 14.8 Å².